The zero-order valence-electron chi connectivity index (χ0n) is 14.8. The van der Waals surface area contributed by atoms with Crippen LogP contribution in [0.1, 0.15) is 14.5 Å². The number of nitrogens with zero attached hydrogens (tertiary/aromatic N) is 2. The van der Waals surface area contributed by atoms with Crippen molar-refractivity contribution in [1.82, 2.24) is 4.98 Å². The van der Waals surface area contributed by atoms with Gasteiger partial charge >= 0.3 is 5.97 Å². The molecule has 5 nitrogen and oxygen atoms in total. The highest BCUT2D eigenvalue weighted by Gasteiger charge is 2.20. The molecule has 0 saturated heterocycles. The Hall–Kier alpha value is -2.77. The Balaban J connectivity index is 1.69. The molecular weight excluding hydrogens is 380 g/mol. The highest BCUT2D eigenvalue weighted by Crippen LogP contribution is 2.27. The fourth-order valence-corrected chi connectivity index (χ4v) is 3.99. The van der Waals surface area contributed by atoms with E-state index in [0.717, 1.165) is 16.1 Å². The van der Waals surface area contributed by atoms with Crippen molar-refractivity contribution in [2.24, 2.45) is 0 Å². The molecule has 0 aliphatic heterocycles. The fraction of sp³-hybridized carbons (Fsp3) is 0.150. The van der Waals surface area contributed by atoms with Crippen LogP contribution >= 0.6 is 22.7 Å². The van der Waals surface area contributed by atoms with Gasteiger partial charge in [0, 0.05) is 22.4 Å². The monoisotopic (exact) mass is 398 g/mol. The van der Waals surface area contributed by atoms with Gasteiger partial charge in [-0.25, -0.2) is 9.78 Å². The molecule has 1 aromatic carbocycles. The molecule has 2 aromatic heterocycles. The number of carbonyl (C=O) groups is 2. The molecule has 138 valence electrons. The first-order valence-corrected chi connectivity index (χ1v) is 9.94. The zero-order chi connectivity index (χ0) is 19.2. The minimum atomic E-state index is -0.496. The van der Waals surface area contributed by atoms with Crippen molar-refractivity contribution in [3.8, 4) is 11.3 Å². The van der Waals surface area contributed by atoms with E-state index in [2.05, 4.69) is 11.6 Å². The van der Waals surface area contributed by atoms with Crippen molar-refractivity contribution in [2.75, 3.05) is 18.1 Å². The van der Waals surface area contributed by atoms with Crippen molar-refractivity contribution in [3.63, 3.8) is 0 Å². The summed E-state index contributed by atoms with van der Waals surface area (Å²) in [6.07, 6.45) is 1.62. The summed E-state index contributed by atoms with van der Waals surface area (Å²) in [5, 5.41) is 2.44. The topological polar surface area (TPSA) is 59.5 Å². The third-order valence-corrected chi connectivity index (χ3v) is 5.52. The summed E-state index contributed by atoms with van der Waals surface area (Å²) < 4.78 is 5.17. The molecule has 27 heavy (non-hydrogen) atoms. The molecule has 0 atom stereocenters. The van der Waals surface area contributed by atoms with Crippen LogP contribution in [0.3, 0.4) is 0 Å². The fourth-order valence-electron chi connectivity index (χ4n) is 2.37. The molecule has 3 rings (SSSR count). The number of hydrogen-bond acceptors (Lipinski definition) is 6. The number of thiophene rings is 1. The molecular formula is C20H18N2O3S2. The Morgan fingerprint density at radius 3 is 2.67 bits per heavy atom. The highest BCUT2D eigenvalue weighted by atomic mass is 32.1. The van der Waals surface area contributed by atoms with E-state index < -0.39 is 5.97 Å². The Morgan fingerprint density at radius 1 is 1.22 bits per heavy atom. The van der Waals surface area contributed by atoms with Crippen LogP contribution in [-0.4, -0.2) is 30.0 Å². The lowest BCUT2D eigenvalue weighted by molar-refractivity contribution is -0.121. The average Bonchev–Trinajstić information content (AvgIpc) is 3.34. The number of carbonyl (C=O) groups excluding carboxylic acids is 2. The van der Waals surface area contributed by atoms with Gasteiger partial charge in [0.15, 0.2) is 11.7 Å². The molecule has 0 aliphatic rings. The molecule has 1 amide bonds. The van der Waals surface area contributed by atoms with Gasteiger partial charge in [-0.1, -0.05) is 36.4 Å². The molecule has 0 aliphatic carbocycles. The van der Waals surface area contributed by atoms with Crippen molar-refractivity contribution < 1.29 is 14.3 Å². The number of anilines is 1. The lowest BCUT2D eigenvalue weighted by Gasteiger charge is -2.17. The third kappa shape index (κ3) is 4.69. The van der Waals surface area contributed by atoms with Gasteiger partial charge in [-0.05, 0) is 19.1 Å². The second-order valence-electron chi connectivity index (χ2n) is 5.66. The highest BCUT2D eigenvalue weighted by molar-refractivity contribution is 7.14. The molecule has 3 aromatic rings. The van der Waals surface area contributed by atoms with E-state index in [-0.39, 0.29) is 19.1 Å². The van der Waals surface area contributed by atoms with E-state index in [1.165, 1.54) is 27.6 Å². The molecule has 0 N–H and O–H groups in total. The molecule has 0 fully saturated rings. The van der Waals surface area contributed by atoms with Crippen LogP contribution in [0.2, 0.25) is 0 Å². The summed E-state index contributed by atoms with van der Waals surface area (Å²) in [7, 11) is 0. The number of rotatable bonds is 7. The standard InChI is InChI=1S/C20H18N2O3S2/c1-3-11-22(18(23)12-25-19(24)17-10-9-14(2)27-17)20-21-16(13-26-20)15-7-5-4-6-8-15/h3-10,13H,1,11-12H2,2H3. The van der Waals surface area contributed by atoms with Crippen LogP contribution in [-0.2, 0) is 9.53 Å². The van der Waals surface area contributed by atoms with Gasteiger partial charge in [0.05, 0.1) is 5.69 Å². The molecule has 0 saturated carbocycles. The summed E-state index contributed by atoms with van der Waals surface area (Å²) in [6, 6.07) is 13.3. The van der Waals surface area contributed by atoms with Gasteiger partial charge in [0.2, 0.25) is 0 Å². The SMILES string of the molecule is C=CCN(C(=O)COC(=O)c1ccc(C)s1)c1nc(-c2ccccc2)cs1. The van der Waals surface area contributed by atoms with Crippen molar-refractivity contribution in [1.29, 1.82) is 0 Å². The van der Waals surface area contributed by atoms with Crippen LogP contribution < -0.4 is 4.90 Å². The van der Waals surface area contributed by atoms with Crippen LogP contribution in [0, 0.1) is 6.92 Å². The molecule has 0 bridgehead atoms. The minimum Gasteiger partial charge on any atom is -0.451 e. The number of amides is 1. The number of aryl methyl sites for hydroxylation is 1. The van der Waals surface area contributed by atoms with Crippen LogP contribution in [0.15, 0.2) is 60.5 Å². The Labute approximate surface area is 165 Å². The molecule has 2 heterocycles. The predicted octanol–water partition coefficient (Wildman–Crippen LogP) is 4.56. The molecule has 0 unspecified atom stereocenters. The van der Waals surface area contributed by atoms with Gasteiger partial charge in [-0.2, -0.15) is 0 Å². The van der Waals surface area contributed by atoms with Crippen LogP contribution in [0.5, 0.6) is 0 Å². The molecule has 0 spiro atoms. The smallest absolute Gasteiger partial charge is 0.348 e. The molecule has 7 heteroatoms. The Bertz CT molecular complexity index is 947. The first-order chi connectivity index (χ1) is 13.1. The number of aromatic nitrogens is 1. The lowest BCUT2D eigenvalue weighted by atomic mass is 10.2. The summed E-state index contributed by atoms with van der Waals surface area (Å²) in [4.78, 5) is 32.2. The maximum absolute atomic E-state index is 12.6. The van der Waals surface area contributed by atoms with Crippen molar-refractivity contribution >= 4 is 39.7 Å². The quantitative estimate of drug-likeness (QED) is 0.433. The second-order valence-corrected chi connectivity index (χ2v) is 7.79. The largest absolute Gasteiger partial charge is 0.451 e. The van der Waals surface area contributed by atoms with E-state index in [9.17, 15) is 9.59 Å². The normalized spacial score (nSPS) is 10.4. The average molecular weight is 399 g/mol. The van der Waals surface area contributed by atoms with Crippen LogP contribution in [0.4, 0.5) is 5.13 Å². The van der Waals surface area contributed by atoms with Gasteiger partial charge in [-0.3, -0.25) is 9.69 Å². The zero-order valence-corrected chi connectivity index (χ0v) is 16.4. The number of hydrogen-bond donors (Lipinski definition) is 0. The maximum atomic E-state index is 12.6. The van der Waals surface area contributed by atoms with E-state index in [1.807, 2.05) is 48.7 Å². The van der Waals surface area contributed by atoms with E-state index in [1.54, 1.807) is 12.1 Å². The maximum Gasteiger partial charge on any atom is 0.348 e. The predicted molar refractivity (Wildman–Crippen MR) is 109 cm³/mol. The van der Waals surface area contributed by atoms with Gasteiger partial charge in [-0.15, -0.1) is 29.3 Å². The summed E-state index contributed by atoms with van der Waals surface area (Å²) in [5.74, 6) is -0.838. The number of esters is 1. The summed E-state index contributed by atoms with van der Waals surface area (Å²) in [6.45, 7) is 5.55. The minimum absolute atomic E-state index is 0.288. The number of ether oxygens (including phenoxy) is 1. The van der Waals surface area contributed by atoms with Crippen molar-refractivity contribution in [2.45, 2.75) is 6.92 Å². The summed E-state index contributed by atoms with van der Waals surface area (Å²) in [5.41, 5.74) is 1.77. The van der Waals surface area contributed by atoms with Crippen LogP contribution in [0.25, 0.3) is 11.3 Å². The second kappa shape index (κ2) is 8.75. The van der Waals surface area contributed by atoms with Gasteiger partial charge in [0.25, 0.3) is 5.91 Å². The first kappa shape index (κ1) is 19.0. The first-order valence-electron chi connectivity index (χ1n) is 8.24. The van der Waals surface area contributed by atoms with E-state index >= 15 is 0 Å². The molecule has 0 radical (unpaired) electrons. The number of benzene rings is 1. The Kier molecular flexibility index (Phi) is 6.16. The van der Waals surface area contributed by atoms with Gasteiger partial charge < -0.3 is 4.74 Å². The van der Waals surface area contributed by atoms with E-state index in [0.29, 0.717) is 10.0 Å². The lowest BCUT2D eigenvalue weighted by Crippen LogP contribution is -2.34. The summed E-state index contributed by atoms with van der Waals surface area (Å²) >= 11 is 2.70. The Morgan fingerprint density at radius 2 is 2.00 bits per heavy atom. The van der Waals surface area contributed by atoms with Gasteiger partial charge in [0.1, 0.15) is 4.88 Å². The van der Waals surface area contributed by atoms with Crippen molar-refractivity contribution in [3.05, 3.63) is 70.3 Å². The van der Waals surface area contributed by atoms with E-state index in [4.69, 9.17) is 4.74 Å². The third-order valence-electron chi connectivity index (χ3n) is 3.67. The number of thiazole rings is 1.